The molecule has 0 N–H and O–H groups in total. The predicted molar refractivity (Wildman–Crippen MR) is 94.4 cm³/mol. The van der Waals surface area contributed by atoms with E-state index in [4.69, 9.17) is 14.2 Å². The summed E-state index contributed by atoms with van der Waals surface area (Å²) < 4.78 is 16.2. The van der Waals surface area contributed by atoms with E-state index in [1.165, 1.54) is 0 Å². The van der Waals surface area contributed by atoms with Crippen LogP contribution in [-0.2, 0) is 14.3 Å². The molecule has 0 spiro atoms. The highest BCUT2D eigenvalue weighted by molar-refractivity contribution is 6.08. The maximum Gasteiger partial charge on any atom is 0.315 e. The number of fused-ring (bicyclic) bond motifs is 1. The molecule has 2 atom stereocenters. The molecule has 0 bridgehead atoms. The van der Waals surface area contributed by atoms with E-state index in [1.54, 1.807) is 6.92 Å². The second kappa shape index (κ2) is 6.59. The van der Waals surface area contributed by atoms with Crippen molar-refractivity contribution in [3.05, 3.63) is 35.0 Å². The summed E-state index contributed by atoms with van der Waals surface area (Å²) >= 11 is 0. The van der Waals surface area contributed by atoms with E-state index in [-0.39, 0.29) is 25.2 Å². The molecule has 4 rings (SSSR count). The van der Waals surface area contributed by atoms with E-state index in [0.717, 1.165) is 24.1 Å². The van der Waals surface area contributed by atoms with Gasteiger partial charge in [-0.1, -0.05) is 6.07 Å². The highest BCUT2D eigenvalue weighted by atomic mass is 16.7. The first-order chi connectivity index (χ1) is 12.6. The third-order valence-corrected chi connectivity index (χ3v) is 5.13. The molecule has 1 unspecified atom stereocenters. The van der Waals surface area contributed by atoms with E-state index in [1.807, 2.05) is 25.1 Å². The van der Waals surface area contributed by atoms with Crippen LogP contribution in [0.5, 0.6) is 11.5 Å². The lowest BCUT2D eigenvalue weighted by atomic mass is 9.71. The molecule has 136 valence electrons. The Morgan fingerprint density at radius 2 is 2.08 bits per heavy atom. The third kappa shape index (κ3) is 2.69. The van der Waals surface area contributed by atoms with Gasteiger partial charge in [-0.25, -0.2) is 0 Å². The van der Waals surface area contributed by atoms with Crippen LogP contribution in [0.1, 0.15) is 44.6 Å². The van der Waals surface area contributed by atoms with Crippen molar-refractivity contribution < 1.29 is 23.8 Å². The van der Waals surface area contributed by atoms with Crippen molar-refractivity contribution in [3.63, 3.8) is 0 Å². The van der Waals surface area contributed by atoms with Gasteiger partial charge in [0.2, 0.25) is 6.79 Å². The summed E-state index contributed by atoms with van der Waals surface area (Å²) in [5, 5.41) is 0. The van der Waals surface area contributed by atoms with Gasteiger partial charge in [0.05, 0.1) is 6.61 Å². The topological polar surface area (TPSA) is 74.2 Å². The van der Waals surface area contributed by atoms with Crippen molar-refractivity contribution in [2.24, 2.45) is 10.9 Å². The minimum Gasteiger partial charge on any atom is -0.465 e. The van der Waals surface area contributed by atoms with Gasteiger partial charge in [0, 0.05) is 29.3 Å². The van der Waals surface area contributed by atoms with Gasteiger partial charge in [-0.15, -0.1) is 0 Å². The number of hydrogen-bond acceptors (Lipinski definition) is 6. The van der Waals surface area contributed by atoms with Gasteiger partial charge in [-0.3, -0.25) is 14.6 Å². The average molecular weight is 355 g/mol. The van der Waals surface area contributed by atoms with Crippen LogP contribution in [0.15, 0.2) is 34.5 Å². The van der Waals surface area contributed by atoms with Crippen LogP contribution in [0.25, 0.3) is 0 Å². The first kappa shape index (κ1) is 16.8. The van der Waals surface area contributed by atoms with Gasteiger partial charge in [0.15, 0.2) is 17.3 Å². The Kier molecular flexibility index (Phi) is 4.26. The highest BCUT2D eigenvalue weighted by Crippen LogP contribution is 2.45. The van der Waals surface area contributed by atoms with Crippen molar-refractivity contribution in [2.45, 2.75) is 39.0 Å². The number of allylic oxidation sites excluding steroid dienone is 2. The lowest BCUT2D eigenvalue weighted by Crippen LogP contribution is -2.37. The largest absolute Gasteiger partial charge is 0.465 e. The fourth-order valence-electron chi connectivity index (χ4n) is 4.01. The molecule has 2 heterocycles. The van der Waals surface area contributed by atoms with E-state index in [9.17, 15) is 9.59 Å². The van der Waals surface area contributed by atoms with Crippen molar-refractivity contribution in [3.8, 4) is 11.5 Å². The molecule has 0 aromatic heterocycles. The summed E-state index contributed by atoms with van der Waals surface area (Å²) in [6.07, 6.45) is 2.05. The highest BCUT2D eigenvalue weighted by Gasteiger charge is 2.43. The maximum absolute atomic E-state index is 12.7. The SMILES string of the molecule is CCOC(=O)C1C(C)=NC2=C(C(=O)CCC2)[C@@H]1c1ccc2c(c1)OCO2. The number of nitrogens with zero attached hydrogens (tertiary/aromatic N) is 1. The van der Waals surface area contributed by atoms with Gasteiger partial charge in [-0.05, 0) is 44.4 Å². The maximum atomic E-state index is 12.7. The second-order valence-electron chi connectivity index (χ2n) is 6.71. The third-order valence-electron chi connectivity index (χ3n) is 5.13. The molecule has 1 aromatic rings. The van der Waals surface area contributed by atoms with E-state index in [2.05, 4.69) is 4.99 Å². The molecule has 0 fully saturated rings. The van der Waals surface area contributed by atoms with Crippen molar-refractivity contribution in [1.82, 2.24) is 0 Å². The average Bonchev–Trinajstić information content (AvgIpc) is 3.08. The van der Waals surface area contributed by atoms with Crippen LogP contribution < -0.4 is 9.47 Å². The summed E-state index contributed by atoms with van der Waals surface area (Å²) in [5.74, 6) is 0.0308. The number of benzene rings is 1. The molecular weight excluding hydrogens is 334 g/mol. The normalized spacial score (nSPS) is 24.2. The fourth-order valence-corrected chi connectivity index (χ4v) is 4.01. The molecule has 0 radical (unpaired) electrons. The summed E-state index contributed by atoms with van der Waals surface area (Å²) in [7, 11) is 0. The lowest BCUT2D eigenvalue weighted by Gasteiger charge is -2.34. The summed E-state index contributed by atoms with van der Waals surface area (Å²) in [6.45, 7) is 4.08. The number of Topliss-reactive ketones (excluding diaryl/α,β-unsaturated/α-hetero) is 1. The zero-order valence-electron chi connectivity index (χ0n) is 14.9. The molecule has 6 heteroatoms. The minimum absolute atomic E-state index is 0.0689. The Balaban J connectivity index is 1.85. The van der Waals surface area contributed by atoms with Crippen LogP contribution in [-0.4, -0.2) is 30.9 Å². The molecule has 0 saturated carbocycles. The summed E-state index contributed by atoms with van der Waals surface area (Å²) in [6, 6.07) is 5.59. The molecule has 26 heavy (non-hydrogen) atoms. The Hall–Kier alpha value is -2.63. The quantitative estimate of drug-likeness (QED) is 0.779. The number of hydrogen-bond donors (Lipinski definition) is 0. The molecular formula is C20H21NO5. The summed E-state index contributed by atoms with van der Waals surface area (Å²) in [5.41, 5.74) is 3.00. The number of aliphatic imine (C=N–C) groups is 1. The number of ether oxygens (including phenoxy) is 3. The summed E-state index contributed by atoms with van der Waals surface area (Å²) in [4.78, 5) is 30.1. The van der Waals surface area contributed by atoms with Gasteiger partial charge in [-0.2, -0.15) is 0 Å². The van der Waals surface area contributed by atoms with Crippen LogP contribution in [0.4, 0.5) is 0 Å². The van der Waals surface area contributed by atoms with Crippen LogP contribution >= 0.6 is 0 Å². The Morgan fingerprint density at radius 1 is 1.27 bits per heavy atom. The molecule has 3 aliphatic rings. The van der Waals surface area contributed by atoms with Gasteiger partial charge < -0.3 is 14.2 Å². The standard InChI is InChI=1S/C20H21NO5/c1-3-24-20(23)17-11(2)21-13-5-4-6-14(22)19(13)18(17)12-7-8-15-16(9-12)26-10-25-15/h7-9,17-18H,3-6,10H2,1-2H3/t17?,18-/m1/s1. The van der Waals surface area contributed by atoms with E-state index >= 15 is 0 Å². The Bertz CT molecular complexity index is 839. The van der Waals surface area contributed by atoms with Crippen molar-refractivity contribution in [2.75, 3.05) is 13.4 Å². The Labute approximate surface area is 151 Å². The lowest BCUT2D eigenvalue weighted by molar-refractivity contribution is -0.146. The van der Waals surface area contributed by atoms with Crippen LogP contribution in [0, 0.1) is 5.92 Å². The van der Waals surface area contributed by atoms with E-state index in [0.29, 0.717) is 29.2 Å². The molecule has 2 aliphatic heterocycles. The second-order valence-corrected chi connectivity index (χ2v) is 6.71. The molecule has 1 aromatic carbocycles. The van der Waals surface area contributed by atoms with Crippen molar-refractivity contribution in [1.29, 1.82) is 0 Å². The minimum atomic E-state index is -0.601. The zero-order valence-corrected chi connectivity index (χ0v) is 14.9. The number of esters is 1. The van der Waals surface area contributed by atoms with Crippen molar-refractivity contribution >= 4 is 17.5 Å². The monoisotopic (exact) mass is 355 g/mol. The number of ketones is 1. The van der Waals surface area contributed by atoms with E-state index < -0.39 is 11.8 Å². The van der Waals surface area contributed by atoms with Gasteiger partial charge in [0.1, 0.15) is 5.92 Å². The zero-order chi connectivity index (χ0) is 18.3. The molecule has 0 saturated heterocycles. The first-order valence-corrected chi connectivity index (χ1v) is 8.97. The number of carbonyl (C=O) groups is 2. The molecule has 0 amide bonds. The predicted octanol–water partition coefficient (Wildman–Crippen LogP) is 3.16. The fraction of sp³-hybridized carbons (Fsp3) is 0.450. The molecule has 1 aliphatic carbocycles. The molecule has 6 nitrogen and oxygen atoms in total. The Morgan fingerprint density at radius 3 is 2.88 bits per heavy atom. The van der Waals surface area contributed by atoms with Gasteiger partial charge in [0.25, 0.3) is 0 Å². The first-order valence-electron chi connectivity index (χ1n) is 8.97. The van der Waals surface area contributed by atoms with Crippen LogP contribution in [0.2, 0.25) is 0 Å². The van der Waals surface area contributed by atoms with Crippen LogP contribution in [0.3, 0.4) is 0 Å². The van der Waals surface area contributed by atoms with Gasteiger partial charge >= 0.3 is 5.97 Å². The number of carbonyl (C=O) groups excluding carboxylic acids is 2. The number of rotatable bonds is 3. The smallest absolute Gasteiger partial charge is 0.315 e.